The number of amides is 6. The molecule has 1 aliphatic rings. The van der Waals surface area contributed by atoms with Gasteiger partial charge in [-0.2, -0.15) is 0 Å². The molecule has 0 aromatic heterocycles. The highest BCUT2D eigenvalue weighted by Crippen LogP contribution is 2.31. The van der Waals surface area contributed by atoms with Crippen LogP contribution < -0.4 is 16.0 Å². The van der Waals surface area contributed by atoms with E-state index in [0.717, 1.165) is 18.2 Å². The van der Waals surface area contributed by atoms with Crippen molar-refractivity contribution in [2.75, 3.05) is 13.6 Å². The Morgan fingerprint density at radius 1 is 1.29 bits per heavy atom. The van der Waals surface area contributed by atoms with Crippen LogP contribution in [0.25, 0.3) is 0 Å². The number of hydrogen-bond acceptors (Lipinski definition) is 4. The van der Waals surface area contributed by atoms with Gasteiger partial charge < -0.3 is 10.6 Å². The van der Waals surface area contributed by atoms with Crippen molar-refractivity contribution >= 4 is 23.9 Å². The lowest BCUT2D eigenvalue weighted by Gasteiger charge is -2.22. The van der Waals surface area contributed by atoms with E-state index in [0.29, 0.717) is 4.90 Å². The number of imide groups is 2. The van der Waals surface area contributed by atoms with Gasteiger partial charge >= 0.3 is 12.1 Å². The minimum absolute atomic E-state index is 0.366. The second-order valence-corrected chi connectivity index (χ2v) is 5.20. The third-order valence-electron chi connectivity index (χ3n) is 3.52. The third kappa shape index (κ3) is 3.03. The normalized spacial score (nSPS) is 19.9. The van der Waals surface area contributed by atoms with Gasteiger partial charge in [-0.1, -0.05) is 0 Å². The summed E-state index contributed by atoms with van der Waals surface area (Å²) in [5.41, 5.74) is -2.23. The van der Waals surface area contributed by atoms with Crippen LogP contribution in [0.3, 0.4) is 0 Å². The molecule has 1 saturated heterocycles. The Labute approximate surface area is 135 Å². The van der Waals surface area contributed by atoms with Crippen molar-refractivity contribution in [2.24, 2.45) is 0 Å². The lowest BCUT2D eigenvalue weighted by atomic mass is 9.91. The second-order valence-electron chi connectivity index (χ2n) is 5.20. The van der Waals surface area contributed by atoms with Gasteiger partial charge in [0.1, 0.15) is 23.7 Å². The Hall–Kier alpha value is -3.04. The van der Waals surface area contributed by atoms with Crippen molar-refractivity contribution in [2.45, 2.75) is 12.5 Å². The van der Waals surface area contributed by atoms with Crippen molar-refractivity contribution in [1.29, 1.82) is 0 Å². The predicted molar refractivity (Wildman–Crippen MR) is 76.6 cm³/mol. The highest BCUT2D eigenvalue weighted by Gasteiger charge is 2.50. The molecule has 3 N–H and O–H groups in total. The summed E-state index contributed by atoms with van der Waals surface area (Å²) in [6, 6.07) is 0.722. The zero-order valence-electron chi connectivity index (χ0n) is 12.8. The van der Waals surface area contributed by atoms with Crippen LogP contribution in [0.2, 0.25) is 0 Å². The number of urea groups is 2. The molecular weight excluding hydrogens is 326 g/mol. The summed E-state index contributed by atoms with van der Waals surface area (Å²) in [6.07, 6.45) is 0. The molecule has 0 saturated carbocycles. The van der Waals surface area contributed by atoms with Crippen molar-refractivity contribution in [1.82, 2.24) is 20.9 Å². The molecule has 6 amide bonds. The van der Waals surface area contributed by atoms with Gasteiger partial charge in [-0.15, -0.1) is 0 Å². The van der Waals surface area contributed by atoms with Crippen molar-refractivity contribution in [3.8, 4) is 0 Å². The van der Waals surface area contributed by atoms with Gasteiger partial charge in [0.15, 0.2) is 0 Å². The van der Waals surface area contributed by atoms with Crippen LogP contribution in [0.15, 0.2) is 18.2 Å². The van der Waals surface area contributed by atoms with E-state index in [-0.39, 0.29) is 5.56 Å². The van der Waals surface area contributed by atoms with Gasteiger partial charge in [0.05, 0.1) is 0 Å². The molecule has 0 bridgehead atoms. The fourth-order valence-electron chi connectivity index (χ4n) is 2.28. The number of carbonyl (C=O) groups is 4. The van der Waals surface area contributed by atoms with Crippen LogP contribution in [0.5, 0.6) is 0 Å². The molecule has 1 fully saturated rings. The lowest BCUT2D eigenvalue weighted by Crippen LogP contribution is -2.46. The Morgan fingerprint density at radius 3 is 2.58 bits per heavy atom. The number of rotatable bonds is 3. The average molecular weight is 340 g/mol. The lowest BCUT2D eigenvalue weighted by molar-refractivity contribution is -0.134. The number of carbonyl (C=O) groups excluding carboxylic acids is 4. The van der Waals surface area contributed by atoms with E-state index < -0.39 is 47.6 Å². The van der Waals surface area contributed by atoms with Crippen LogP contribution in [0, 0.1) is 11.6 Å². The Kier molecular flexibility index (Phi) is 4.49. The molecule has 1 aromatic rings. The number of nitrogens with zero attached hydrogens (tertiary/aromatic N) is 1. The number of benzene rings is 1. The minimum atomic E-state index is -1.86. The number of halogens is 2. The Bertz CT molecular complexity index is 739. The van der Waals surface area contributed by atoms with Crippen molar-refractivity contribution < 1.29 is 28.0 Å². The zero-order valence-corrected chi connectivity index (χ0v) is 12.8. The van der Waals surface area contributed by atoms with E-state index in [9.17, 15) is 28.0 Å². The van der Waals surface area contributed by atoms with Gasteiger partial charge in [-0.05, 0) is 25.1 Å². The van der Waals surface area contributed by atoms with Crippen LogP contribution >= 0.6 is 0 Å². The number of hydrogen-bond donors (Lipinski definition) is 3. The third-order valence-corrected chi connectivity index (χ3v) is 3.52. The SMILES string of the molecule is CNC(=O)NC(=O)CN1C(=O)N[C@](C)(c2cc(F)ccc2F)C1=O. The average Bonchev–Trinajstić information content (AvgIpc) is 2.73. The molecule has 0 aliphatic carbocycles. The maximum absolute atomic E-state index is 14.0. The Balaban J connectivity index is 2.26. The quantitative estimate of drug-likeness (QED) is 0.683. The molecule has 0 spiro atoms. The van der Waals surface area contributed by atoms with Crippen LogP contribution in [-0.4, -0.2) is 42.4 Å². The summed E-state index contributed by atoms with van der Waals surface area (Å²) in [4.78, 5) is 47.6. The predicted octanol–water partition coefficient (Wildman–Crippen LogP) is 0.187. The van der Waals surface area contributed by atoms with E-state index >= 15 is 0 Å². The topological polar surface area (TPSA) is 108 Å². The summed E-state index contributed by atoms with van der Waals surface area (Å²) in [5, 5.41) is 6.26. The molecule has 1 heterocycles. The molecule has 0 unspecified atom stereocenters. The first-order chi connectivity index (χ1) is 11.2. The summed E-state index contributed by atoms with van der Waals surface area (Å²) in [6.45, 7) is 0.451. The van der Waals surface area contributed by atoms with Crippen molar-refractivity contribution in [3.63, 3.8) is 0 Å². The van der Waals surface area contributed by atoms with Crippen LogP contribution in [0.1, 0.15) is 12.5 Å². The fourth-order valence-corrected chi connectivity index (χ4v) is 2.28. The van der Waals surface area contributed by atoms with E-state index in [1.165, 1.54) is 14.0 Å². The molecule has 1 aliphatic heterocycles. The number of nitrogens with one attached hydrogen (secondary N) is 3. The van der Waals surface area contributed by atoms with Gasteiger partial charge in [0.25, 0.3) is 5.91 Å². The van der Waals surface area contributed by atoms with E-state index in [4.69, 9.17) is 0 Å². The van der Waals surface area contributed by atoms with E-state index in [1.807, 2.05) is 5.32 Å². The first-order valence-corrected chi connectivity index (χ1v) is 6.80. The molecule has 2 rings (SSSR count). The molecule has 1 atom stereocenters. The maximum Gasteiger partial charge on any atom is 0.325 e. The van der Waals surface area contributed by atoms with Gasteiger partial charge in [0.2, 0.25) is 5.91 Å². The highest BCUT2D eigenvalue weighted by atomic mass is 19.1. The molecular formula is C14H14F2N4O4. The highest BCUT2D eigenvalue weighted by molar-refractivity contribution is 6.10. The molecule has 1 aromatic carbocycles. The fraction of sp³-hybridized carbons (Fsp3) is 0.286. The van der Waals surface area contributed by atoms with Gasteiger partial charge in [0, 0.05) is 12.6 Å². The van der Waals surface area contributed by atoms with Crippen molar-refractivity contribution in [3.05, 3.63) is 35.4 Å². The Morgan fingerprint density at radius 2 is 1.96 bits per heavy atom. The minimum Gasteiger partial charge on any atom is -0.341 e. The molecule has 24 heavy (non-hydrogen) atoms. The standard InChI is InChI=1S/C14H14F2N4O4/c1-14(8-5-7(15)3-4-9(8)16)11(22)20(13(24)19-14)6-10(21)18-12(23)17-2/h3-5H,6H2,1-2H3,(H,19,24)(H2,17,18,21,23)/t14-/m1/s1. The molecule has 0 radical (unpaired) electrons. The monoisotopic (exact) mass is 340 g/mol. The molecule has 128 valence electrons. The summed E-state index contributed by atoms with van der Waals surface area (Å²) >= 11 is 0. The maximum atomic E-state index is 14.0. The largest absolute Gasteiger partial charge is 0.341 e. The molecule has 8 nitrogen and oxygen atoms in total. The van der Waals surface area contributed by atoms with Gasteiger partial charge in [-0.25, -0.2) is 18.4 Å². The van der Waals surface area contributed by atoms with Crippen LogP contribution in [-0.2, 0) is 15.1 Å². The zero-order chi connectivity index (χ0) is 18.1. The first-order valence-electron chi connectivity index (χ1n) is 6.80. The summed E-state index contributed by atoms with van der Waals surface area (Å²) in [7, 11) is 1.28. The van der Waals surface area contributed by atoms with Crippen LogP contribution in [0.4, 0.5) is 18.4 Å². The second kappa shape index (κ2) is 6.22. The summed E-state index contributed by atoms with van der Waals surface area (Å²) < 4.78 is 27.3. The van der Waals surface area contributed by atoms with Gasteiger partial charge in [-0.3, -0.25) is 19.8 Å². The van der Waals surface area contributed by atoms with E-state index in [2.05, 4.69) is 10.6 Å². The smallest absolute Gasteiger partial charge is 0.325 e. The molecule has 10 heteroatoms. The first kappa shape index (κ1) is 17.3. The summed E-state index contributed by atoms with van der Waals surface area (Å²) in [5.74, 6) is -3.53. The van der Waals surface area contributed by atoms with E-state index in [1.54, 1.807) is 0 Å².